The lowest BCUT2D eigenvalue weighted by molar-refractivity contribution is -0.0138. The Morgan fingerprint density at radius 3 is 1.39 bits per heavy atom. The molecule has 0 radical (unpaired) electrons. The molecule has 7 heteroatoms. The first-order valence-corrected chi connectivity index (χ1v) is 7.99. The van der Waals surface area contributed by atoms with Crippen LogP contribution in [0.5, 0.6) is 0 Å². The van der Waals surface area contributed by atoms with Gasteiger partial charge in [0.25, 0.3) is 0 Å². The topological polar surface area (TPSA) is 90.3 Å². The normalized spacial score (nSPS) is 22.0. The zero-order valence-electron chi connectivity index (χ0n) is 15.0. The lowest BCUT2D eigenvalue weighted by atomic mass is 10.0. The Balaban J connectivity index is 2.65. The number of amides is 2. The van der Waals surface area contributed by atoms with Crippen molar-refractivity contribution in [2.24, 2.45) is 0 Å². The molecule has 0 aromatic carbocycles. The molecule has 2 atom stereocenters. The van der Waals surface area contributed by atoms with E-state index >= 15 is 0 Å². The van der Waals surface area contributed by atoms with Crippen molar-refractivity contribution in [1.82, 2.24) is 9.80 Å². The van der Waals surface area contributed by atoms with Crippen LogP contribution in [0.4, 0.5) is 9.59 Å². The highest BCUT2D eigenvalue weighted by atomic mass is 16.5. The molecule has 2 N–H and O–H groups in total. The summed E-state index contributed by atoms with van der Waals surface area (Å²) in [5, 5.41) is 18.7. The average Bonchev–Trinajstić information content (AvgIpc) is 2.77. The second-order valence-corrected chi connectivity index (χ2v) is 8.09. The summed E-state index contributed by atoms with van der Waals surface area (Å²) in [6.45, 7) is 11.7. The van der Waals surface area contributed by atoms with Crippen LogP contribution in [0.2, 0.25) is 0 Å². The largest absolute Gasteiger partial charge is 0.465 e. The minimum absolute atomic E-state index is 0.189. The van der Waals surface area contributed by atoms with E-state index in [4.69, 9.17) is 4.74 Å². The monoisotopic (exact) mass is 330 g/mol. The van der Waals surface area contributed by atoms with Crippen LogP contribution in [-0.2, 0) is 4.74 Å². The summed E-state index contributed by atoms with van der Waals surface area (Å²) in [6.07, 6.45) is -0.834. The van der Waals surface area contributed by atoms with Gasteiger partial charge >= 0.3 is 12.2 Å². The molecule has 0 saturated carbocycles. The third kappa shape index (κ3) is 5.57. The molecule has 0 aromatic heterocycles. The quantitative estimate of drug-likeness (QED) is 0.826. The molecule has 2 amide bonds. The van der Waals surface area contributed by atoms with Crippen molar-refractivity contribution in [1.29, 1.82) is 0 Å². The predicted octanol–water partition coefficient (Wildman–Crippen LogP) is 3.09. The predicted molar refractivity (Wildman–Crippen MR) is 86.9 cm³/mol. The molecule has 23 heavy (non-hydrogen) atoms. The fourth-order valence-electron chi connectivity index (χ4n) is 2.73. The summed E-state index contributed by atoms with van der Waals surface area (Å²) in [6, 6.07) is 0. The van der Waals surface area contributed by atoms with E-state index in [-0.39, 0.29) is 12.2 Å². The van der Waals surface area contributed by atoms with Gasteiger partial charge in [-0.2, -0.15) is 0 Å². The summed E-state index contributed by atoms with van der Waals surface area (Å²) in [4.78, 5) is 25.5. The standard InChI is InChI=1S/C16H30N2O5/c1-15(2,3)17(13(19)20)9-11-7-8-12(23-11)10-18(14(21)22)16(4,5)6/h11-12H,7-10H2,1-6H3,(H,19,20)(H,21,22)/t11-,12+. The number of ether oxygens (including phenoxy) is 1. The summed E-state index contributed by atoms with van der Waals surface area (Å²) in [5.74, 6) is 0. The molecule has 0 unspecified atom stereocenters. The number of carboxylic acid groups (broad SMARTS) is 2. The maximum atomic E-state index is 11.4. The van der Waals surface area contributed by atoms with Crippen LogP contribution in [0.25, 0.3) is 0 Å². The summed E-state index contributed by atoms with van der Waals surface area (Å²) in [5.41, 5.74) is -0.989. The first-order chi connectivity index (χ1) is 10.3. The van der Waals surface area contributed by atoms with Crippen LogP contribution >= 0.6 is 0 Å². The molecule has 0 aromatic rings. The molecule has 0 spiro atoms. The molecular weight excluding hydrogens is 300 g/mol. The minimum atomic E-state index is -0.966. The zero-order valence-corrected chi connectivity index (χ0v) is 15.0. The van der Waals surface area contributed by atoms with Gasteiger partial charge in [0.15, 0.2) is 0 Å². The summed E-state index contributed by atoms with van der Waals surface area (Å²) in [7, 11) is 0. The van der Waals surface area contributed by atoms with E-state index in [0.29, 0.717) is 13.1 Å². The average molecular weight is 330 g/mol. The highest BCUT2D eigenvalue weighted by Crippen LogP contribution is 2.26. The summed E-state index contributed by atoms with van der Waals surface area (Å²) < 4.78 is 5.90. The van der Waals surface area contributed by atoms with Crippen LogP contribution in [0.3, 0.4) is 0 Å². The maximum absolute atomic E-state index is 11.4. The molecule has 1 fully saturated rings. The highest BCUT2D eigenvalue weighted by molar-refractivity contribution is 5.66. The smallest absolute Gasteiger partial charge is 0.407 e. The zero-order chi connectivity index (χ0) is 18.0. The molecule has 134 valence electrons. The number of rotatable bonds is 4. The molecule has 1 aliphatic rings. The Morgan fingerprint density at radius 1 is 0.870 bits per heavy atom. The summed E-state index contributed by atoms with van der Waals surface area (Å²) >= 11 is 0. The van der Waals surface area contributed by atoms with Gasteiger partial charge < -0.3 is 24.7 Å². The first-order valence-electron chi connectivity index (χ1n) is 7.99. The van der Waals surface area contributed by atoms with E-state index in [2.05, 4.69) is 0 Å². The van der Waals surface area contributed by atoms with E-state index in [9.17, 15) is 19.8 Å². The molecule has 1 rings (SSSR count). The van der Waals surface area contributed by atoms with Crippen LogP contribution < -0.4 is 0 Å². The van der Waals surface area contributed by atoms with E-state index in [1.54, 1.807) is 0 Å². The van der Waals surface area contributed by atoms with Crippen molar-refractivity contribution >= 4 is 12.2 Å². The number of hydrogen-bond acceptors (Lipinski definition) is 3. The minimum Gasteiger partial charge on any atom is -0.465 e. The van der Waals surface area contributed by atoms with Gasteiger partial charge in [0.05, 0.1) is 25.3 Å². The van der Waals surface area contributed by atoms with Gasteiger partial charge in [-0.25, -0.2) is 9.59 Å². The molecular formula is C16H30N2O5. The van der Waals surface area contributed by atoms with Crippen molar-refractivity contribution in [2.75, 3.05) is 13.1 Å². The van der Waals surface area contributed by atoms with Gasteiger partial charge in [-0.3, -0.25) is 0 Å². The van der Waals surface area contributed by atoms with Gasteiger partial charge in [0.2, 0.25) is 0 Å². The Bertz CT molecular complexity index is 399. The van der Waals surface area contributed by atoms with E-state index in [0.717, 1.165) is 12.8 Å². The lowest BCUT2D eigenvalue weighted by Crippen LogP contribution is -2.50. The van der Waals surface area contributed by atoms with E-state index < -0.39 is 23.3 Å². The molecule has 1 heterocycles. The van der Waals surface area contributed by atoms with Gasteiger partial charge in [-0.15, -0.1) is 0 Å². The first kappa shape index (κ1) is 19.5. The molecule has 7 nitrogen and oxygen atoms in total. The third-order valence-corrected chi connectivity index (χ3v) is 4.05. The Labute approximate surface area is 138 Å². The van der Waals surface area contributed by atoms with Gasteiger partial charge in [0, 0.05) is 11.1 Å². The van der Waals surface area contributed by atoms with Crippen molar-refractivity contribution in [3.05, 3.63) is 0 Å². The maximum Gasteiger partial charge on any atom is 0.407 e. The van der Waals surface area contributed by atoms with Crippen molar-refractivity contribution in [2.45, 2.75) is 77.7 Å². The van der Waals surface area contributed by atoms with Crippen LogP contribution in [0, 0.1) is 0 Å². The Kier molecular flexibility index (Phi) is 5.90. The molecule has 0 aliphatic carbocycles. The van der Waals surface area contributed by atoms with E-state index in [1.165, 1.54) is 9.80 Å². The molecule has 0 bridgehead atoms. The Hall–Kier alpha value is -1.50. The highest BCUT2D eigenvalue weighted by Gasteiger charge is 2.36. The van der Waals surface area contributed by atoms with Gasteiger partial charge in [-0.1, -0.05) is 0 Å². The number of carbonyl (C=O) groups is 2. The van der Waals surface area contributed by atoms with Gasteiger partial charge in [-0.05, 0) is 54.4 Å². The Morgan fingerprint density at radius 2 is 1.17 bits per heavy atom. The second kappa shape index (κ2) is 6.95. The van der Waals surface area contributed by atoms with Crippen molar-refractivity contribution < 1.29 is 24.5 Å². The third-order valence-electron chi connectivity index (χ3n) is 4.05. The SMILES string of the molecule is CC(C)(C)N(C[C@H]1CC[C@@H](CN(C(=O)O)C(C)(C)C)O1)C(=O)O. The van der Waals surface area contributed by atoms with Crippen LogP contribution in [0.15, 0.2) is 0 Å². The number of nitrogens with zero attached hydrogens (tertiary/aromatic N) is 2. The van der Waals surface area contributed by atoms with E-state index in [1.807, 2.05) is 41.5 Å². The molecule has 1 aliphatic heterocycles. The van der Waals surface area contributed by atoms with Crippen LogP contribution in [-0.4, -0.2) is 68.6 Å². The van der Waals surface area contributed by atoms with Crippen molar-refractivity contribution in [3.63, 3.8) is 0 Å². The second-order valence-electron chi connectivity index (χ2n) is 8.09. The fourth-order valence-corrected chi connectivity index (χ4v) is 2.73. The fraction of sp³-hybridized carbons (Fsp3) is 0.875. The van der Waals surface area contributed by atoms with Crippen molar-refractivity contribution in [3.8, 4) is 0 Å². The molecule has 1 saturated heterocycles. The lowest BCUT2D eigenvalue weighted by Gasteiger charge is -2.36. The van der Waals surface area contributed by atoms with Gasteiger partial charge in [0.1, 0.15) is 0 Å². The van der Waals surface area contributed by atoms with Crippen LogP contribution in [0.1, 0.15) is 54.4 Å². The number of hydrogen-bond donors (Lipinski definition) is 2.